The van der Waals surface area contributed by atoms with E-state index in [9.17, 15) is 9.59 Å². The van der Waals surface area contributed by atoms with E-state index in [4.69, 9.17) is 4.74 Å². The summed E-state index contributed by atoms with van der Waals surface area (Å²) in [5.74, 6) is 1.11. The Morgan fingerprint density at radius 1 is 0.933 bits per heavy atom. The number of benzene rings is 3. The van der Waals surface area contributed by atoms with E-state index in [1.54, 1.807) is 24.3 Å². The number of para-hydroxylation sites is 1. The first-order valence-electron chi connectivity index (χ1n) is 9.56. The van der Waals surface area contributed by atoms with Crippen molar-refractivity contribution in [3.63, 3.8) is 0 Å². The summed E-state index contributed by atoms with van der Waals surface area (Å²) in [7, 11) is 0. The molecule has 1 amide bonds. The number of aromatic amines is 1. The lowest BCUT2D eigenvalue weighted by molar-refractivity contribution is -0.116. The van der Waals surface area contributed by atoms with Crippen molar-refractivity contribution in [2.45, 2.75) is 13.5 Å². The second kappa shape index (κ2) is 8.53. The Morgan fingerprint density at radius 2 is 1.60 bits per heavy atom. The Hall–Kier alpha value is -4.06. The van der Waals surface area contributed by atoms with Gasteiger partial charge in [0.1, 0.15) is 18.0 Å². The summed E-state index contributed by atoms with van der Waals surface area (Å²) < 4.78 is 7.03. The van der Waals surface area contributed by atoms with Gasteiger partial charge in [-0.2, -0.15) is 0 Å². The number of anilines is 1. The lowest BCUT2D eigenvalue weighted by atomic mass is 10.1. The monoisotopic (exact) mass is 399 g/mol. The van der Waals surface area contributed by atoms with Crippen molar-refractivity contribution in [1.82, 2.24) is 9.78 Å². The third kappa shape index (κ3) is 4.67. The SMILES string of the molecule is Cc1ccc(-c2cc(=O)n(CC(=O)Nc3ccc(Oc4ccccc4)cc3)[nH]2)cc1. The Labute approximate surface area is 173 Å². The molecular formula is C24H21N3O3. The molecule has 0 unspecified atom stereocenters. The van der Waals surface area contributed by atoms with Gasteiger partial charge in [-0.05, 0) is 48.9 Å². The zero-order chi connectivity index (χ0) is 20.9. The summed E-state index contributed by atoms with van der Waals surface area (Å²) in [6.07, 6.45) is 0. The maximum absolute atomic E-state index is 12.4. The van der Waals surface area contributed by atoms with E-state index in [0.717, 1.165) is 16.9 Å². The van der Waals surface area contributed by atoms with Gasteiger partial charge in [-0.15, -0.1) is 0 Å². The summed E-state index contributed by atoms with van der Waals surface area (Å²) in [6.45, 7) is 1.90. The first-order chi connectivity index (χ1) is 14.6. The number of aromatic nitrogens is 2. The highest BCUT2D eigenvalue weighted by Gasteiger charge is 2.10. The molecule has 0 aliphatic heterocycles. The minimum Gasteiger partial charge on any atom is -0.457 e. The number of nitrogens with zero attached hydrogens (tertiary/aromatic N) is 1. The standard InChI is InChI=1S/C24H21N3O3/c1-17-7-9-18(10-8-17)22-15-24(29)27(26-22)16-23(28)25-19-11-13-21(14-12-19)30-20-5-3-2-4-6-20/h2-15,26H,16H2,1H3,(H,25,28). The van der Waals surface area contributed by atoms with Crippen LogP contribution in [0.25, 0.3) is 11.3 Å². The van der Waals surface area contributed by atoms with Crippen LogP contribution in [0.5, 0.6) is 11.5 Å². The summed E-state index contributed by atoms with van der Waals surface area (Å²) >= 11 is 0. The molecule has 0 saturated heterocycles. The molecule has 0 saturated carbocycles. The predicted molar refractivity (Wildman–Crippen MR) is 117 cm³/mol. The zero-order valence-electron chi connectivity index (χ0n) is 16.5. The normalized spacial score (nSPS) is 10.6. The van der Waals surface area contributed by atoms with Crippen molar-refractivity contribution in [2.75, 3.05) is 5.32 Å². The first kappa shape index (κ1) is 19.3. The van der Waals surface area contributed by atoms with Gasteiger partial charge in [0.25, 0.3) is 5.56 Å². The van der Waals surface area contributed by atoms with E-state index < -0.39 is 0 Å². The highest BCUT2D eigenvalue weighted by molar-refractivity contribution is 5.90. The van der Waals surface area contributed by atoms with Gasteiger partial charge in [-0.25, -0.2) is 4.68 Å². The van der Waals surface area contributed by atoms with Crippen LogP contribution >= 0.6 is 0 Å². The van der Waals surface area contributed by atoms with Crippen LogP contribution in [0.3, 0.4) is 0 Å². The number of aryl methyl sites for hydroxylation is 1. The molecule has 6 nitrogen and oxygen atoms in total. The van der Waals surface area contributed by atoms with Crippen molar-refractivity contribution >= 4 is 11.6 Å². The average Bonchev–Trinajstić information content (AvgIpc) is 3.11. The molecule has 0 fully saturated rings. The number of H-pyrrole nitrogens is 1. The molecule has 2 N–H and O–H groups in total. The second-order valence-corrected chi connectivity index (χ2v) is 6.95. The predicted octanol–water partition coefficient (Wildman–Crippen LogP) is 4.58. The van der Waals surface area contributed by atoms with Gasteiger partial charge in [0.15, 0.2) is 0 Å². The van der Waals surface area contributed by atoms with Crippen molar-refractivity contribution < 1.29 is 9.53 Å². The van der Waals surface area contributed by atoms with E-state index in [2.05, 4.69) is 10.4 Å². The van der Waals surface area contributed by atoms with Crippen LogP contribution in [-0.2, 0) is 11.3 Å². The molecule has 1 aromatic heterocycles. The average molecular weight is 399 g/mol. The van der Waals surface area contributed by atoms with Crippen LogP contribution < -0.4 is 15.6 Å². The van der Waals surface area contributed by atoms with Crippen LogP contribution in [0.4, 0.5) is 5.69 Å². The van der Waals surface area contributed by atoms with E-state index in [-0.39, 0.29) is 18.0 Å². The lowest BCUT2D eigenvalue weighted by Gasteiger charge is -2.08. The van der Waals surface area contributed by atoms with Crippen LogP contribution in [-0.4, -0.2) is 15.7 Å². The van der Waals surface area contributed by atoms with Crippen molar-refractivity contribution in [2.24, 2.45) is 0 Å². The van der Waals surface area contributed by atoms with E-state index >= 15 is 0 Å². The molecule has 1 heterocycles. The number of ether oxygens (including phenoxy) is 1. The van der Waals surface area contributed by atoms with Gasteiger partial charge < -0.3 is 10.1 Å². The van der Waals surface area contributed by atoms with Crippen molar-refractivity contribution in [1.29, 1.82) is 0 Å². The molecule has 150 valence electrons. The molecule has 0 aliphatic rings. The Balaban J connectivity index is 1.39. The molecule has 4 aromatic rings. The highest BCUT2D eigenvalue weighted by Crippen LogP contribution is 2.22. The highest BCUT2D eigenvalue weighted by atomic mass is 16.5. The van der Waals surface area contributed by atoms with Gasteiger partial charge in [0.2, 0.25) is 5.91 Å². The minimum absolute atomic E-state index is 0.104. The van der Waals surface area contributed by atoms with Gasteiger partial charge >= 0.3 is 0 Å². The maximum Gasteiger partial charge on any atom is 0.267 e. The van der Waals surface area contributed by atoms with Gasteiger partial charge in [-0.1, -0.05) is 48.0 Å². The number of hydrogen-bond acceptors (Lipinski definition) is 3. The molecule has 0 bridgehead atoms. The van der Waals surface area contributed by atoms with E-state index in [0.29, 0.717) is 17.1 Å². The van der Waals surface area contributed by atoms with Crippen LogP contribution in [0, 0.1) is 6.92 Å². The van der Waals surface area contributed by atoms with E-state index in [1.165, 1.54) is 10.7 Å². The Morgan fingerprint density at radius 3 is 2.30 bits per heavy atom. The largest absolute Gasteiger partial charge is 0.457 e. The fraction of sp³-hybridized carbons (Fsp3) is 0.0833. The minimum atomic E-state index is -0.300. The maximum atomic E-state index is 12.4. The lowest BCUT2D eigenvalue weighted by Crippen LogP contribution is -2.25. The number of nitrogens with one attached hydrogen (secondary N) is 2. The number of carbonyl (C=O) groups is 1. The number of rotatable bonds is 6. The first-order valence-corrected chi connectivity index (χ1v) is 9.56. The summed E-state index contributed by atoms with van der Waals surface area (Å²) in [5.41, 5.74) is 3.08. The third-order valence-electron chi connectivity index (χ3n) is 4.57. The van der Waals surface area contributed by atoms with Crippen LogP contribution in [0.2, 0.25) is 0 Å². The fourth-order valence-electron chi connectivity index (χ4n) is 3.01. The second-order valence-electron chi connectivity index (χ2n) is 6.95. The molecule has 30 heavy (non-hydrogen) atoms. The summed E-state index contributed by atoms with van der Waals surface area (Å²) in [4.78, 5) is 24.6. The molecule has 4 rings (SSSR count). The topological polar surface area (TPSA) is 76.1 Å². The number of hydrogen-bond donors (Lipinski definition) is 2. The van der Waals surface area contributed by atoms with E-state index in [1.807, 2.05) is 61.5 Å². The smallest absolute Gasteiger partial charge is 0.267 e. The fourth-order valence-corrected chi connectivity index (χ4v) is 3.01. The van der Waals surface area contributed by atoms with Crippen LogP contribution in [0.15, 0.2) is 89.7 Å². The van der Waals surface area contributed by atoms with Crippen molar-refractivity contribution in [3.05, 3.63) is 101 Å². The summed E-state index contributed by atoms with van der Waals surface area (Å²) in [6, 6.07) is 25.8. The van der Waals surface area contributed by atoms with Crippen molar-refractivity contribution in [3.8, 4) is 22.8 Å². The van der Waals surface area contributed by atoms with Crippen LogP contribution in [0.1, 0.15) is 5.56 Å². The quantitative estimate of drug-likeness (QED) is 0.498. The Bertz CT molecular complexity index is 1190. The van der Waals surface area contributed by atoms with Gasteiger partial charge in [-0.3, -0.25) is 14.7 Å². The molecule has 6 heteroatoms. The third-order valence-corrected chi connectivity index (χ3v) is 4.57. The Kier molecular flexibility index (Phi) is 5.48. The molecule has 0 atom stereocenters. The molecule has 0 aliphatic carbocycles. The summed E-state index contributed by atoms with van der Waals surface area (Å²) in [5, 5.41) is 5.78. The van der Waals surface area contributed by atoms with Gasteiger partial charge in [0.05, 0.1) is 5.69 Å². The van der Waals surface area contributed by atoms with Gasteiger partial charge in [0, 0.05) is 11.8 Å². The molecule has 0 radical (unpaired) electrons. The zero-order valence-corrected chi connectivity index (χ0v) is 16.5. The number of carbonyl (C=O) groups excluding carboxylic acids is 1. The molecule has 0 spiro atoms. The molecular weight excluding hydrogens is 378 g/mol. The number of amides is 1. The molecule has 3 aromatic carbocycles.